The highest BCUT2D eigenvalue weighted by Gasteiger charge is 2.28. The molecule has 1 fully saturated rings. The third-order valence-electron chi connectivity index (χ3n) is 3.47. The number of amides is 1. The number of nitro benzene ring substituents is 1. The van der Waals surface area contributed by atoms with Crippen molar-refractivity contribution in [2.24, 2.45) is 5.92 Å². The molecule has 2 N–H and O–H groups in total. The van der Waals surface area contributed by atoms with Gasteiger partial charge in [-0.2, -0.15) is 0 Å². The average Bonchev–Trinajstić information content (AvgIpc) is 2.41. The Labute approximate surface area is 119 Å². The number of nitrogens with zero attached hydrogens (tertiary/aromatic N) is 1. The number of carbonyl (C=O) groups excluding carboxylic acids is 1. The maximum absolute atomic E-state index is 13.7. The molecule has 1 amide bonds. The van der Waals surface area contributed by atoms with Gasteiger partial charge in [0.15, 0.2) is 11.5 Å². The lowest BCUT2D eigenvalue weighted by Gasteiger charge is -2.27. The maximum Gasteiger partial charge on any atom is 0.298 e. The molecule has 0 radical (unpaired) electrons. The number of carbonyl (C=O) groups is 1. The van der Waals surface area contributed by atoms with Crippen LogP contribution in [0, 0.1) is 27.7 Å². The van der Waals surface area contributed by atoms with Gasteiger partial charge in [0, 0.05) is 18.0 Å². The van der Waals surface area contributed by atoms with Crippen LogP contribution in [0.2, 0.25) is 0 Å². The van der Waals surface area contributed by atoms with E-state index in [9.17, 15) is 23.7 Å². The molecule has 0 aromatic heterocycles. The number of nitrogens with one attached hydrogen (secondary N) is 2. The third-order valence-corrected chi connectivity index (χ3v) is 3.47. The van der Waals surface area contributed by atoms with Crippen LogP contribution in [0.3, 0.4) is 0 Å². The number of hydrogen-bond donors (Lipinski definition) is 2. The Bertz CT molecular complexity index is 580. The molecular weight excluding hydrogens is 284 g/mol. The number of benzene rings is 1. The van der Waals surface area contributed by atoms with E-state index in [1.165, 1.54) is 0 Å². The molecule has 6 nitrogen and oxygen atoms in total. The van der Waals surface area contributed by atoms with Gasteiger partial charge in [-0.1, -0.05) is 0 Å². The van der Waals surface area contributed by atoms with E-state index in [2.05, 4.69) is 10.6 Å². The second-order valence-electron chi connectivity index (χ2n) is 5.10. The lowest BCUT2D eigenvalue weighted by atomic mass is 9.92. The Hall–Kier alpha value is -2.09. The molecule has 21 heavy (non-hydrogen) atoms. The fraction of sp³-hybridized carbons (Fsp3) is 0.462. The van der Waals surface area contributed by atoms with Crippen molar-refractivity contribution in [2.45, 2.75) is 25.8 Å². The number of anilines is 1. The fourth-order valence-electron chi connectivity index (χ4n) is 2.42. The second kappa shape index (κ2) is 6.13. The Morgan fingerprint density at radius 3 is 2.81 bits per heavy atom. The molecule has 1 aromatic rings. The van der Waals surface area contributed by atoms with Crippen LogP contribution >= 0.6 is 0 Å². The zero-order valence-electron chi connectivity index (χ0n) is 11.4. The van der Waals surface area contributed by atoms with Gasteiger partial charge < -0.3 is 10.6 Å². The van der Waals surface area contributed by atoms with Crippen molar-refractivity contribution in [2.75, 3.05) is 11.9 Å². The highest BCUT2D eigenvalue weighted by Crippen LogP contribution is 2.30. The minimum atomic E-state index is -1.16. The van der Waals surface area contributed by atoms with Gasteiger partial charge in [-0.15, -0.1) is 0 Å². The van der Waals surface area contributed by atoms with Gasteiger partial charge in [-0.3, -0.25) is 14.9 Å². The van der Waals surface area contributed by atoms with Crippen LogP contribution in [0.1, 0.15) is 19.8 Å². The Kier molecular flexibility index (Phi) is 4.46. The molecule has 1 aliphatic rings. The fourth-order valence-corrected chi connectivity index (χ4v) is 2.42. The van der Waals surface area contributed by atoms with E-state index in [0.29, 0.717) is 31.5 Å². The van der Waals surface area contributed by atoms with Gasteiger partial charge in [0.05, 0.1) is 11.0 Å². The van der Waals surface area contributed by atoms with Crippen LogP contribution < -0.4 is 10.6 Å². The number of rotatable bonds is 3. The standard InChI is InChI=1S/C13H15F2N3O3/c1-7-4-8(2-3-16-7)13(19)17-12-10(15)5-9(14)6-11(12)18(20)21/h5-8,16H,2-4H2,1H3,(H,17,19). The van der Waals surface area contributed by atoms with Crippen molar-refractivity contribution in [3.05, 3.63) is 33.9 Å². The summed E-state index contributed by atoms with van der Waals surface area (Å²) in [5.41, 5.74) is -1.37. The normalized spacial score (nSPS) is 21.9. The first-order chi connectivity index (χ1) is 9.88. The van der Waals surface area contributed by atoms with E-state index >= 15 is 0 Å². The van der Waals surface area contributed by atoms with Gasteiger partial charge in [0.1, 0.15) is 5.82 Å². The first-order valence-corrected chi connectivity index (χ1v) is 6.56. The summed E-state index contributed by atoms with van der Waals surface area (Å²) in [5, 5.41) is 16.2. The van der Waals surface area contributed by atoms with Crippen LogP contribution in [-0.2, 0) is 4.79 Å². The highest BCUT2D eigenvalue weighted by molar-refractivity contribution is 5.95. The maximum atomic E-state index is 13.7. The molecule has 1 heterocycles. The second-order valence-corrected chi connectivity index (χ2v) is 5.10. The predicted octanol–water partition coefficient (Wildman–Crippen LogP) is 2.20. The number of nitro groups is 1. The molecular formula is C13H15F2N3O3. The molecule has 114 valence electrons. The molecule has 0 aliphatic carbocycles. The molecule has 1 aromatic carbocycles. The van der Waals surface area contributed by atoms with Gasteiger partial charge in [-0.05, 0) is 26.3 Å². The van der Waals surface area contributed by atoms with Crippen LogP contribution in [0.5, 0.6) is 0 Å². The van der Waals surface area contributed by atoms with Crippen LogP contribution in [-0.4, -0.2) is 23.4 Å². The predicted molar refractivity (Wildman–Crippen MR) is 71.8 cm³/mol. The number of hydrogen-bond acceptors (Lipinski definition) is 4. The van der Waals surface area contributed by atoms with Crippen LogP contribution in [0.25, 0.3) is 0 Å². The lowest BCUT2D eigenvalue weighted by Crippen LogP contribution is -2.40. The molecule has 0 saturated carbocycles. The minimum absolute atomic E-state index is 0.141. The summed E-state index contributed by atoms with van der Waals surface area (Å²) < 4.78 is 26.8. The Morgan fingerprint density at radius 1 is 1.48 bits per heavy atom. The highest BCUT2D eigenvalue weighted by atomic mass is 19.1. The van der Waals surface area contributed by atoms with E-state index in [1.807, 2.05) is 6.92 Å². The molecule has 0 spiro atoms. The van der Waals surface area contributed by atoms with Crippen LogP contribution in [0.15, 0.2) is 12.1 Å². The zero-order valence-corrected chi connectivity index (χ0v) is 11.4. The zero-order chi connectivity index (χ0) is 15.6. The largest absolute Gasteiger partial charge is 0.318 e. The molecule has 0 bridgehead atoms. The summed E-state index contributed by atoms with van der Waals surface area (Å²) in [6, 6.07) is 1.24. The van der Waals surface area contributed by atoms with Crippen molar-refractivity contribution in [3.63, 3.8) is 0 Å². The Morgan fingerprint density at radius 2 is 2.19 bits per heavy atom. The van der Waals surface area contributed by atoms with Gasteiger partial charge in [-0.25, -0.2) is 8.78 Å². The van der Waals surface area contributed by atoms with E-state index in [-0.39, 0.29) is 12.0 Å². The van der Waals surface area contributed by atoms with Crippen LogP contribution in [0.4, 0.5) is 20.2 Å². The summed E-state index contributed by atoms with van der Waals surface area (Å²) >= 11 is 0. The quantitative estimate of drug-likeness (QED) is 0.662. The molecule has 1 saturated heterocycles. The SMILES string of the molecule is CC1CC(C(=O)Nc2c(F)cc(F)cc2[N+](=O)[O-])CCN1. The van der Waals surface area contributed by atoms with E-state index < -0.39 is 33.8 Å². The summed E-state index contributed by atoms with van der Waals surface area (Å²) in [7, 11) is 0. The smallest absolute Gasteiger partial charge is 0.298 e. The number of piperidine rings is 1. The first kappa shape index (κ1) is 15.3. The topological polar surface area (TPSA) is 84.3 Å². The monoisotopic (exact) mass is 299 g/mol. The van der Waals surface area contributed by atoms with Gasteiger partial charge in [0.25, 0.3) is 5.69 Å². The van der Waals surface area contributed by atoms with Crippen molar-refractivity contribution >= 4 is 17.3 Å². The molecule has 1 aliphatic heterocycles. The molecule has 8 heteroatoms. The van der Waals surface area contributed by atoms with Crippen molar-refractivity contribution in [1.82, 2.24) is 5.32 Å². The molecule has 2 atom stereocenters. The summed E-state index contributed by atoms with van der Waals surface area (Å²) in [4.78, 5) is 22.0. The van der Waals surface area contributed by atoms with Gasteiger partial charge >= 0.3 is 0 Å². The van der Waals surface area contributed by atoms with E-state index in [1.54, 1.807) is 0 Å². The van der Waals surface area contributed by atoms with Crippen molar-refractivity contribution in [3.8, 4) is 0 Å². The molecule has 2 unspecified atom stereocenters. The Balaban J connectivity index is 2.22. The van der Waals surface area contributed by atoms with Gasteiger partial charge in [0.2, 0.25) is 5.91 Å². The summed E-state index contributed by atoms with van der Waals surface area (Å²) in [6.45, 7) is 2.56. The molecule has 2 rings (SSSR count). The summed E-state index contributed by atoms with van der Waals surface area (Å²) in [5.74, 6) is -3.06. The van der Waals surface area contributed by atoms with E-state index in [0.717, 1.165) is 0 Å². The summed E-state index contributed by atoms with van der Waals surface area (Å²) in [6.07, 6.45) is 1.12. The first-order valence-electron chi connectivity index (χ1n) is 6.56. The number of halogens is 2. The minimum Gasteiger partial charge on any atom is -0.318 e. The lowest BCUT2D eigenvalue weighted by molar-refractivity contribution is -0.384. The average molecular weight is 299 g/mol. The van der Waals surface area contributed by atoms with E-state index in [4.69, 9.17) is 0 Å². The van der Waals surface area contributed by atoms with Crippen molar-refractivity contribution < 1.29 is 18.5 Å². The third kappa shape index (κ3) is 3.52. The van der Waals surface area contributed by atoms with Crippen molar-refractivity contribution in [1.29, 1.82) is 0 Å².